The van der Waals surface area contributed by atoms with Gasteiger partial charge < -0.3 is 14.4 Å². The number of nitrogens with zero attached hydrogens (tertiary/aromatic N) is 2. The van der Waals surface area contributed by atoms with Crippen LogP contribution in [0, 0.1) is 0 Å². The van der Waals surface area contributed by atoms with Crippen molar-refractivity contribution in [2.45, 2.75) is 19.6 Å². The van der Waals surface area contributed by atoms with E-state index in [2.05, 4.69) is 4.98 Å². The molecule has 0 aliphatic rings. The van der Waals surface area contributed by atoms with E-state index in [1.54, 1.807) is 25.6 Å². The van der Waals surface area contributed by atoms with Gasteiger partial charge in [-0.2, -0.15) is 0 Å². The zero-order chi connectivity index (χ0) is 12.3. The first-order valence-corrected chi connectivity index (χ1v) is 5.53. The van der Waals surface area contributed by atoms with Crippen LogP contribution in [0.2, 0.25) is 0 Å². The van der Waals surface area contributed by atoms with Crippen LogP contribution in [0.15, 0.2) is 41.3 Å². The van der Waals surface area contributed by atoms with Gasteiger partial charge in [-0.15, -0.1) is 0 Å². The molecule has 2 heterocycles. The number of hydrogen-bond donors (Lipinski definition) is 1. The van der Waals surface area contributed by atoms with Crippen LogP contribution in [0.1, 0.15) is 24.2 Å². The van der Waals surface area contributed by atoms with E-state index in [1.807, 2.05) is 30.1 Å². The highest BCUT2D eigenvalue weighted by Crippen LogP contribution is 2.16. The highest BCUT2D eigenvalue weighted by atomic mass is 16.3. The number of aliphatic hydroxyl groups is 1. The van der Waals surface area contributed by atoms with Gasteiger partial charge in [0.25, 0.3) is 0 Å². The zero-order valence-electron chi connectivity index (χ0n) is 10.00. The summed E-state index contributed by atoms with van der Waals surface area (Å²) in [5.41, 5.74) is 1.93. The lowest BCUT2D eigenvalue weighted by Crippen LogP contribution is -2.17. The molecule has 1 N–H and O–H groups in total. The highest BCUT2D eigenvalue weighted by molar-refractivity contribution is 5.39. The summed E-state index contributed by atoms with van der Waals surface area (Å²) in [4.78, 5) is 6.34. The Morgan fingerprint density at radius 2 is 2.24 bits per heavy atom. The first kappa shape index (κ1) is 11.7. The molecule has 1 unspecified atom stereocenters. The van der Waals surface area contributed by atoms with Crippen molar-refractivity contribution < 1.29 is 9.52 Å². The molecule has 2 rings (SSSR count). The summed E-state index contributed by atoms with van der Waals surface area (Å²) in [6.07, 6.45) is 4.61. The Bertz CT molecular complexity index is 449. The van der Waals surface area contributed by atoms with E-state index in [4.69, 9.17) is 4.42 Å². The van der Waals surface area contributed by atoms with E-state index in [0.717, 1.165) is 23.5 Å². The largest absolute Gasteiger partial charge is 0.472 e. The van der Waals surface area contributed by atoms with Gasteiger partial charge in [0, 0.05) is 25.4 Å². The third-order valence-corrected chi connectivity index (χ3v) is 2.64. The first-order valence-electron chi connectivity index (χ1n) is 5.53. The summed E-state index contributed by atoms with van der Waals surface area (Å²) >= 11 is 0. The summed E-state index contributed by atoms with van der Waals surface area (Å²) in [5.74, 6) is 0.871. The van der Waals surface area contributed by atoms with Crippen molar-refractivity contribution in [3.8, 4) is 0 Å². The number of furan rings is 1. The SMILES string of the molecule is CC(O)c1ccc(N(C)Cc2ccoc2)nc1. The van der Waals surface area contributed by atoms with Gasteiger partial charge in [0.15, 0.2) is 0 Å². The molecule has 2 aromatic rings. The second-order valence-corrected chi connectivity index (χ2v) is 4.11. The molecular formula is C13H16N2O2. The number of aliphatic hydroxyl groups excluding tert-OH is 1. The van der Waals surface area contributed by atoms with Crippen LogP contribution in [0.4, 0.5) is 5.82 Å². The monoisotopic (exact) mass is 232 g/mol. The molecule has 0 aliphatic heterocycles. The summed E-state index contributed by atoms with van der Waals surface area (Å²) in [7, 11) is 1.97. The van der Waals surface area contributed by atoms with E-state index in [9.17, 15) is 5.11 Å². The van der Waals surface area contributed by atoms with Crippen molar-refractivity contribution in [2.75, 3.05) is 11.9 Å². The van der Waals surface area contributed by atoms with Gasteiger partial charge in [-0.3, -0.25) is 0 Å². The third-order valence-electron chi connectivity index (χ3n) is 2.64. The molecule has 1 atom stereocenters. The highest BCUT2D eigenvalue weighted by Gasteiger charge is 2.06. The summed E-state index contributed by atoms with van der Waals surface area (Å²) in [6.45, 7) is 2.48. The van der Waals surface area contributed by atoms with Crippen LogP contribution in [0.25, 0.3) is 0 Å². The van der Waals surface area contributed by atoms with Gasteiger partial charge in [0.1, 0.15) is 5.82 Å². The molecule has 0 fully saturated rings. The lowest BCUT2D eigenvalue weighted by molar-refractivity contribution is 0.199. The lowest BCUT2D eigenvalue weighted by Gasteiger charge is -2.17. The quantitative estimate of drug-likeness (QED) is 0.879. The number of hydrogen-bond acceptors (Lipinski definition) is 4. The Morgan fingerprint density at radius 1 is 1.41 bits per heavy atom. The Hall–Kier alpha value is -1.81. The van der Waals surface area contributed by atoms with Crippen LogP contribution < -0.4 is 4.90 Å². The molecule has 17 heavy (non-hydrogen) atoms. The van der Waals surface area contributed by atoms with Gasteiger partial charge in [-0.25, -0.2) is 4.98 Å². The second kappa shape index (κ2) is 5.01. The van der Waals surface area contributed by atoms with Gasteiger partial charge in [0.05, 0.1) is 18.6 Å². The number of rotatable bonds is 4. The lowest BCUT2D eigenvalue weighted by atomic mass is 10.2. The van der Waals surface area contributed by atoms with Crippen molar-refractivity contribution >= 4 is 5.82 Å². The van der Waals surface area contributed by atoms with Gasteiger partial charge in [-0.05, 0) is 24.6 Å². The molecule has 0 aromatic carbocycles. The molecule has 90 valence electrons. The molecule has 0 bridgehead atoms. The Morgan fingerprint density at radius 3 is 2.76 bits per heavy atom. The fourth-order valence-corrected chi connectivity index (χ4v) is 1.61. The van der Waals surface area contributed by atoms with Crippen LogP contribution >= 0.6 is 0 Å². The predicted octanol–water partition coefficient (Wildman–Crippen LogP) is 2.36. The zero-order valence-corrected chi connectivity index (χ0v) is 10.00. The summed E-state index contributed by atoms with van der Waals surface area (Å²) in [6, 6.07) is 5.72. The first-order chi connectivity index (χ1) is 8.16. The van der Waals surface area contributed by atoms with Crippen LogP contribution in [-0.4, -0.2) is 17.1 Å². The fourth-order valence-electron chi connectivity index (χ4n) is 1.61. The average molecular weight is 232 g/mol. The molecule has 0 aliphatic carbocycles. The fraction of sp³-hybridized carbons (Fsp3) is 0.308. The standard InChI is InChI=1S/C13H16N2O2/c1-10(16)12-3-4-13(14-7-12)15(2)8-11-5-6-17-9-11/h3-7,9-10,16H,8H2,1-2H3. The Balaban J connectivity index is 2.06. The number of aromatic nitrogens is 1. The van der Waals surface area contributed by atoms with E-state index < -0.39 is 6.10 Å². The van der Waals surface area contributed by atoms with Gasteiger partial charge in [-0.1, -0.05) is 6.07 Å². The smallest absolute Gasteiger partial charge is 0.128 e. The molecule has 0 radical (unpaired) electrons. The maximum absolute atomic E-state index is 9.39. The molecule has 4 heteroatoms. The molecule has 0 saturated carbocycles. The predicted molar refractivity (Wildman–Crippen MR) is 65.7 cm³/mol. The van der Waals surface area contributed by atoms with Crippen molar-refractivity contribution in [1.29, 1.82) is 0 Å². The van der Waals surface area contributed by atoms with Gasteiger partial charge in [0.2, 0.25) is 0 Å². The second-order valence-electron chi connectivity index (χ2n) is 4.11. The maximum Gasteiger partial charge on any atom is 0.128 e. The maximum atomic E-state index is 9.39. The number of pyridine rings is 1. The van der Waals surface area contributed by atoms with Gasteiger partial charge >= 0.3 is 0 Å². The van der Waals surface area contributed by atoms with Crippen LogP contribution in [0.3, 0.4) is 0 Å². The van der Waals surface area contributed by atoms with Crippen LogP contribution in [0.5, 0.6) is 0 Å². The summed E-state index contributed by atoms with van der Waals surface area (Å²) < 4.78 is 5.02. The third kappa shape index (κ3) is 2.85. The molecule has 2 aromatic heterocycles. The Labute approximate surface area is 101 Å². The van der Waals surface area contributed by atoms with Crippen molar-refractivity contribution in [2.24, 2.45) is 0 Å². The van der Waals surface area contributed by atoms with Crippen molar-refractivity contribution in [1.82, 2.24) is 4.98 Å². The van der Waals surface area contributed by atoms with Crippen molar-refractivity contribution in [3.05, 3.63) is 48.0 Å². The molecule has 0 spiro atoms. The van der Waals surface area contributed by atoms with E-state index in [-0.39, 0.29) is 0 Å². The summed E-state index contributed by atoms with van der Waals surface area (Å²) in [5, 5.41) is 9.39. The van der Waals surface area contributed by atoms with E-state index in [0.29, 0.717) is 0 Å². The molecule has 4 nitrogen and oxygen atoms in total. The molecular weight excluding hydrogens is 216 g/mol. The number of anilines is 1. The minimum Gasteiger partial charge on any atom is -0.472 e. The van der Waals surface area contributed by atoms with Crippen LogP contribution in [-0.2, 0) is 6.54 Å². The normalized spacial score (nSPS) is 12.4. The van der Waals surface area contributed by atoms with Crippen molar-refractivity contribution in [3.63, 3.8) is 0 Å². The Kier molecular flexibility index (Phi) is 3.44. The average Bonchev–Trinajstić information content (AvgIpc) is 2.82. The minimum atomic E-state index is -0.476. The van der Waals surface area contributed by atoms with E-state index >= 15 is 0 Å². The molecule has 0 amide bonds. The topological polar surface area (TPSA) is 49.5 Å². The van der Waals surface area contributed by atoms with E-state index in [1.165, 1.54) is 0 Å². The minimum absolute atomic E-state index is 0.476. The molecule has 0 saturated heterocycles.